The Labute approximate surface area is 146 Å². The largest absolute Gasteiger partial charge is 0.479 e. The first-order valence-electron chi connectivity index (χ1n) is 7.68. The van der Waals surface area contributed by atoms with Gasteiger partial charge < -0.3 is 14.6 Å². The molecule has 0 aliphatic carbocycles. The van der Waals surface area contributed by atoms with Gasteiger partial charge in [0.1, 0.15) is 19.3 Å². The van der Waals surface area contributed by atoms with Crippen LogP contribution in [-0.4, -0.2) is 31.9 Å². The number of nitrogens with one attached hydrogen (secondary N) is 1. The Morgan fingerprint density at radius 1 is 1.38 bits per heavy atom. The van der Waals surface area contributed by atoms with E-state index in [0.717, 1.165) is 12.1 Å². The molecule has 0 unspecified atom stereocenters. The second-order valence-electron chi connectivity index (χ2n) is 5.51. The minimum Gasteiger partial charge on any atom is -0.479 e. The third-order valence-electron chi connectivity index (χ3n) is 3.37. The van der Waals surface area contributed by atoms with E-state index in [0.29, 0.717) is 6.54 Å². The van der Waals surface area contributed by atoms with Crippen molar-refractivity contribution in [1.29, 1.82) is 0 Å². The van der Waals surface area contributed by atoms with Crippen LogP contribution in [0.2, 0.25) is 0 Å². The second-order valence-corrected chi connectivity index (χ2v) is 5.51. The van der Waals surface area contributed by atoms with Crippen LogP contribution in [0.4, 0.5) is 8.78 Å². The Morgan fingerprint density at radius 2 is 2.15 bits per heavy atom. The van der Waals surface area contributed by atoms with E-state index >= 15 is 0 Å². The van der Waals surface area contributed by atoms with Gasteiger partial charge in [0.15, 0.2) is 28.8 Å². The molecule has 0 saturated carbocycles. The first-order chi connectivity index (χ1) is 12.5. The van der Waals surface area contributed by atoms with Gasteiger partial charge in [-0.25, -0.2) is 13.8 Å². The predicted molar refractivity (Wildman–Crippen MR) is 84.1 cm³/mol. The highest BCUT2D eigenvalue weighted by Gasteiger charge is 2.17. The number of halogens is 2. The third kappa shape index (κ3) is 4.21. The first kappa shape index (κ1) is 17.5. The fourth-order valence-electron chi connectivity index (χ4n) is 2.20. The Kier molecular flexibility index (Phi) is 5.20. The zero-order valence-corrected chi connectivity index (χ0v) is 13.7. The standard InChI is InChI=1S/C16H15F2N5O3/c1-10(6-23-9-19-8-20-23)21-16(24)14-5-11(26-22-14)7-25-15-12(17)3-2-4-13(15)18/h2-5,8-10H,6-7H2,1H3,(H,21,24)/t10-/m1/s1. The average molecular weight is 363 g/mol. The van der Waals surface area contributed by atoms with Gasteiger partial charge >= 0.3 is 0 Å². The van der Waals surface area contributed by atoms with Crippen LogP contribution in [0.5, 0.6) is 5.75 Å². The van der Waals surface area contributed by atoms with Gasteiger partial charge in [-0.1, -0.05) is 11.2 Å². The molecule has 0 aliphatic rings. The van der Waals surface area contributed by atoms with Crippen molar-refractivity contribution >= 4 is 5.91 Å². The average Bonchev–Trinajstić information content (AvgIpc) is 3.26. The van der Waals surface area contributed by atoms with E-state index in [4.69, 9.17) is 9.26 Å². The molecule has 1 N–H and O–H groups in total. The SMILES string of the molecule is C[C@H](Cn1cncn1)NC(=O)c1cc(COc2c(F)cccc2F)on1. The molecule has 0 spiro atoms. The summed E-state index contributed by atoms with van der Waals surface area (Å²) in [4.78, 5) is 16.0. The van der Waals surface area contributed by atoms with Crippen LogP contribution in [0.3, 0.4) is 0 Å². The maximum atomic E-state index is 13.5. The lowest BCUT2D eigenvalue weighted by atomic mass is 10.3. The van der Waals surface area contributed by atoms with Crippen molar-refractivity contribution in [3.8, 4) is 5.75 Å². The Balaban J connectivity index is 1.56. The lowest BCUT2D eigenvalue weighted by molar-refractivity contribution is 0.0926. The highest BCUT2D eigenvalue weighted by Crippen LogP contribution is 2.22. The first-order valence-corrected chi connectivity index (χ1v) is 7.68. The molecule has 0 saturated heterocycles. The van der Waals surface area contributed by atoms with Crippen LogP contribution in [0.15, 0.2) is 41.4 Å². The summed E-state index contributed by atoms with van der Waals surface area (Å²) < 4.78 is 38.6. The number of ether oxygens (including phenoxy) is 1. The van der Waals surface area contributed by atoms with E-state index in [-0.39, 0.29) is 24.1 Å². The van der Waals surface area contributed by atoms with Gasteiger partial charge in [-0.3, -0.25) is 9.48 Å². The number of carbonyl (C=O) groups excluding carboxylic acids is 1. The summed E-state index contributed by atoms with van der Waals surface area (Å²) in [5.74, 6) is -2.48. The Bertz CT molecular complexity index is 862. The lowest BCUT2D eigenvalue weighted by Gasteiger charge is -2.12. The summed E-state index contributed by atoms with van der Waals surface area (Å²) in [7, 11) is 0. The van der Waals surface area contributed by atoms with Crippen LogP contribution < -0.4 is 10.1 Å². The Hall–Kier alpha value is -3.30. The van der Waals surface area contributed by atoms with E-state index in [1.807, 2.05) is 0 Å². The number of nitrogens with zero attached hydrogens (tertiary/aromatic N) is 4. The highest BCUT2D eigenvalue weighted by molar-refractivity contribution is 5.92. The molecular weight excluding hydrogens is 348 g/mol. The van der Waals surface area contributed by atoms with Crippen LogP contribution >= 0.6 is 0 Å². The van der Waals surface area contributed by atoms with E-state index in [2.05, 4.69) is 20.6 Å². The fourth-order valence-corrected chi connectivity index (χ4v) is 2.20. The maximum Gasteiger partial charge on any atom is 0.273 e. The van der Waals surface area contributed by atoms with E-state index in [9.17, 15) is 13.6 Å². The number of benzene rings is 1. The van der Waals surface area contributed by atoms with Crippen molar-refractivity contribution in [2.45, 2.75) is 26.1 Å². The van der Waals surface area contributed by atoms with Crippen LogP contribution in [0, 0.1) is 11.6 Å². The Morgan fingerprint density at radius 3 is 2.85 bits per heavy atom. The molecule has 26 heavy (non-hydrogen) atoms. The highest BCUT2D eigenvalue weighted by atomic mass is 19.1. The number of carbonyl (C=O) groups is 1. The monoisotopic (exact) mass is 363 g/mol. The van der Waals surface area contributed by atoms with Crippen LogP contribution in [0.25, 0.3) is 0 Å². The maximum absolute atomic E-state index is 13.5. The zero-order chi connectivity index (χ0) is 18.5. The summed E-state index contributed by atoms with van der Waals surface area (Å²) in [6.07, 6.45) is 2.94. The summed E-state index contributed by atoms with van der Waals surface area (Å²) in [5, 5.41) is 10.3. The van der Waals surface area contributed by atoms with Crippen LogP contribution in [-0.2, 0) is 13.2 Å². The number of amides is 1. The van der Waals surface area contributed by atoms with Crippen LogP contribution in [0.1, 0.15) is 23.2 Å². The van der Waals surface area contributed by atoms with Crippen molar-refractivity contribution in [3.05, 3.63) is 60.0 Å². The minimum atomic E-state index is -0.829. The third-order valence-corrected chi connectivity index (χ3v) is 3.37. The van der Waals surface area contributed by atoms with Gasteiger partial charge in [-0.05, 0) is 19.1 Å². The number of para-hydroxylation sites is 1. The van der Waals surface area contributed by atoms with E-state index in [1.165, 1.54) is 24.8 Å². The second kappa shape index (κ2) is 7.72. The summed E-state index contributed by atoms with van der Waals surface area (Å²) in [5.41, 5.74) is 0.0306. The fraction of sp³-hybridized carbons (Fsp3) is 0.250. The summed E-state index contributed by atoms with van der Waals surface area (Å²) in [6, 6.07) is 4.50. The summed E-state index contributed by atoms with van der Waals surface area (Å²) in [6.45, 7) is 1.96. The number of hydrogen-bond donors (Lipinski definition) is 1. The molecule has 2 heterocycles. The number of aromatic nitrogens is 4. The smallest absolute Gasteiger partial charge is 0.273 e. The molecule has 0 radical (unpaired) electrons. The quantitative estimate of drug-likeness (QED) is 0.689. The van der Waals surface area contributed by atoms with Gasteiger partial charge in [-0.15, -0.1) is 0 Å². The van der Waals surface area contributed by atoms with Gasteiger partial charge in [-0.2, -0.15) is 5.10 Å². The molecule has 136 valence electrons. The number of hydrogen-bond acceptors (Lipinski definition) is 6. The molecule has 0 fully saturated rings. The molecule has 1 atom stereocenters. The molecule has 3 aromatic rings. The molecule has 8 nitrogen and oxygen atoms in total. The molecule has 3 rings (SSSR count). The molecule has 0 aliphatic heterocycles. The van der Waals surface area contributed by atoms with Gasteiger partial charge in [0.25, 0.3) is 5.91 Å². The van der Waals surface area contributed by atoms with Crippen molar-refractivity contribution in [1.82, 2.24) is 25.2 Å². The zero-order valence-electron chi connectivity index (χ0n) is 13.7. The van der Waals surface area contributed by atoms with Crippen molar-refractivity contribution in [3.63, 3.8) is 0 Å². The number of rotatable bonds is 7. The van der Waals surface area contributed by atoms with Gasteiger partial charge in [0.2, 0.25) is 0 Å². The lowest BCUT2D eigenvalue weighted by Crippen LogP contribution is -2.36. The molecule has 2 aromatic heterocycles. The molecule has 1 amide bonds. The molecular formula is C16H15F2N5O3. The molecule has 0 bridgehead atoms. The van der Waals surface area contributed by atoms with Crippen molar-refractivity contribution < 1.29 is 22.8 Å². The topological polar surface area (TPSA) is 95.1 Å². The van der Waals surface area contributed by atoms with Gasteiger partial charge in [0.05, 0.1) is 6.54 Å². The van der Waals surface area contributed by atoms with Crippen molar-refractivity contribution in [2.24, 2.45) is 0 Å². The van der Waals surface area contributed by atoms with Gasteiger partial charge in [0, 0.05) is 12.1 Å². The normalized spacial score (nSPS) is 12.0. The van der Waals surface area contributed by atoms with E-state index in [1.54, 1.807) is 11.6 Å². The van der Waals surface area contributed by atoms with Crippen molar-refractivity contribution in [2.75, 3.05) is 0 Å². The van der Waals surface area contributed by atoms with E-state index < -0.39 is 23.3 Å². The molecule has 10 heteroatoms. The summed E-state index contributed by atoms with van der Waals surface area (Å²) >= 11 is 0. The predicted octanol–water partition coefficient (Wildman–Crippen LogP) is 1.94. The minimum absolute atomic E-state index is 0.0306. The molecule has 1 aromatic carbocycles.